The van der Waals surface area contributed by atoms with Crippen molar-refractivity contribution in [3.8, 4) is 23.0 Å². The molecule has 232 valence electrons. The molecule has 0 spiro atoms. The highest BCUT2D eigenvalue weighted by Crippen LogP contribution is 2.39. The van der Waals surface area contributed by atoms with Crippen LogP contribution in [0.5, 0.6) is 0 Å². The fraction of sp³-hybridized carbons (Fsp3) is 0.281. The number of hydrogen-bond acceptors (Lipinski definition) is 7. The summed E-state index contributed by atoms with van der Waals surface area (Å²) in [6.07, 6.45) is 2.82. The van der Waals surface area contributed by atoms with Crippen LogP contribution in [0.1, 0.15) is 43.5 Å². The van der Waals surface area contributed by atoms with Crippen molar-refractivity contribution >= 4 is 39.9 Å². The van der Waals surface area contributed by atoms with Crippen molar-refractivity contribution in [3.63, 3.8) is 0 Å². The topological polar surface area (TPSA) is 121 Å². The third-order valence-electron chi connectivity index (χ3n) is 7.94. The van der Waals surface area contributed by atoms with Gasteiger partial charge in [-0.15, -0.1) is 0 Å². The summed E-state index contributed by atoms with van der Waals surface area (Å²) in [5.74, 6) is -5.33. The molecular formula is C32H29ClF3N7O2. The fourth-order valence-electron chi connectivity index (χ4n) is 5.76. The molecule has 1 unspecified atom stereocenters. The first-order valence-corrected chi connectivity index (χ1v) is 14.5. The Bertz CT molecular complexity index is 2000. The van der Waals surface area contributed by atoms with Crippen LogP contribution in [0.25, 0.3) is 28.0 Å². The van der Waals surface area contributed by atoms with Crippen molar-refractivity contribution in [2.45, 2.75) is 39.7 Å². The van der Waals surface area contributed by atoms with E-state index in [-0.39, 0.29) is 70.5 Å². The SMILES string of the molecule is C=CC(=O)N1CCN(c2c(C#N)c(=O)n(-c3c(C)ccnc3C(C)C)c3nc(-c4cc(N)c(F)c(F)c4F)c(Cl)cc23)C(C)C1. The summed E-state index contributed by atoms with van der Waals surface area (Å²) in [5.41, 5.74) is 4.98. The van der Waals surface area contributed by atoms with E-state index in [1.165, 1.54) is 16.7 Å². The maximum absolute atomic E-state index is 15.2. The van der Waals surface area contributed by atoms with Crippen LogP contribution in [0, 0.1) is 35.7 Å². The summed E-state index contributed by atoms with van der Waals surface area (Å²) in [6.45, 7) is 11.7. The van der Waals surface area contributed by atoms with E-state index in [0.717, 1.165) is 6.07 Å². The Morgan fingerprint density at radius 3 is 2.53 bits per heavy atom. The molecule has 5 rings (SSSR count). The number of nitrogens with two attached hydrogens (primary N) is 1. The Labute approximate surface area is 262 Å². The van der Waals surface area contributed by atoms with Crippen molar-refractivity contribution in [3.05, 3.63) is 86.7 Å². The molecule has 0 saturated carbocycles. The average molecular weight is 636 g/mol. The lowest BCUT2D eigenvalue weighted by atomic mass is 10.0. The molecule has 1 atom stereocenters. The van der Waals surface area contributed by atoms with Crippen molar-refractivity contribution in [1.29, 1.82) is 5.26 Å². The van der Waals surface area contributed by atoms with Gasteiger partial charge in [-0.1, -0.05) is 32.0 Å². The molecule has 0 aliphatic carbocycles. The Kier molecular flexibility index (Phi) is 8.33. The van der Waals surface area contributed by atoms with E-state index in [0.29, 0.717) is 16.9 Å². The highest BCUT2D eigenvalue weighted by atomic mass is 35.5. The number of halogens is 4. The zero-order valence-corrected chi connectivity index (χ0v) is 25.7. The second kappa shape index (κ2) is 11.9. The van der Waals surface area contributed by atoms with Crippen LogP contribution in [-0.2, 0) is 4.79 Å². The smallest absolute Gasteiger partial charge is 0.276 e. The van der Waals surface area contributed by atoms with Gasteiger partial charge in [-0.05, 0) is 49.6 Å². The number of anilines is 2. The summed E-state index contributed by atoms with van der Waals surface area (Å²) in [6, 6.07) is 5.70. The Balaban J connectivity index is 1.92. The lowest BCUT2D eigenvalue weighted by Gasteiger charge is -2.41. The van der Waals surface area contributed by atoms with Crippen molar-refractivity contribution < 1.29 is 18.0 Å². The molecule has 1 saturated heterocycles. The number of aromatic nitrogens is 3. The summed E-state index contributed by atoms with van der Waals surface area (Å²) >= 11 is 6.68. The standard InChI is InChI=1S/C32H29ClF3N7O2/c1-6-23(44)41-9-10-42(17(5)14-41)30-19-11-21(33)28(18-12-22(38)25(35)26(36)24(18)34)40-31(19)43(32(45)20(30)13-37)29-16(4)7-8-39-27(29)15(2)3/h6-8,11-12,15,17H,1,9-10,14,38H2,2-5H3. The fourth-order valence-corrected chi connectivity index (χ4v) is 6.02. The van der Waals surface area contributed by atoms with Crippen LogP contribution in [0.15, 0.2) is 41.8 Å². The molecule has 3 aromatic heterocycles. The molecule has 1 aromatic carbocycles. The Morgan fingerprint density at radius 2 is 1.91 bits per heavy atom. The van der Waals surface area contributed by atoms with E-state index in [2.05, 4.69) is 22.6 Å². The summed E-state index contributed by atoms with van der Waals surface area (Å²) in [7, 11) is 0. The number of pyridine rings is 3. The van der Waals surface area contributed by atoms with Gasteiger partial charge in [0, 0.05) is 42.8 Å². The van der Waals surface area contributed by atoms with Gasteiger partial charge in [0.15, 0.2) is 17.5 Å². The quantitative estimate of drug-likeness (QED) is 0.171. The molecule has 1 aliphatic rings. The summed E-state index contributed by atoms with van der Waals surface area (Å²) in [4.78, 5) is 39.3. The van der Waals surface area contributed by atoms with Gasteiger partial charge in [0.25, 0.3) is 5.56 Å². The number of rotatable bonds is 5. The van der Waals surface area contributed by atoms with E-state index in [4.69, 9.17) is 17.3 Å². The van der Waals surface area contributed by atoms with Gasteiger partial charge in [-0.2, -0.15) is 5.26 Å². The first-order valence-electron chi connectivity index (χ1n) is 14.1. The number of hydrogen-bond donors (Lipinski definition) is 1. The normalized spacial score (nSPS) is 15.1. The van der Waals surface area contributed by atoms with E-state index < -0.39 is 34.3 Å². The maximum atomic E-state index is 15.2. The Morgan fingerprint density at radius 1 is 1.20 bits per heavy atom. The highest BCUT2D eigenvalue weighted by molar-refractivity contribution is 6.34. The molecule has 4 heterocycles. The minimum absolute atomic E-state index is 0.0223. The van der Waals surface area contributed by atoms with Gasteiger partial charge < -0.3 is 15.5 Å². The van der Waals surface area contributed by atoms with Gasteiger partial charge in [-0.3, -0.25) is 19.1 Å². The van der Waals surface area contributed by atoms with E-state index in [1.54, 1.807) is 24.1 Å². The predicted octanol–water partition coefficient (Wildman–Crippen LogP) is 5.63. The van der Waals surface area contributed by atoms with E-state index in [9.17, 15) is 23.6 Å². The largest absolute Gasteiger partial charge is 0.396 e. The number of piperazine rings is 1. The van der Waals surface area contributed by atoms with Gasteiger partial charge in [0.1, 0.15) is 17.3 Å². The summed E-state index contributed by atoms with van der Waals surface area (Å²) < 4.78 is 45.0. The van der Waals surface area contributed by atoms with Crippen LogP contribution in [0.2, 0.25) is 5.02 Å². The van der Waals surface area contributed by atoms with Crippen LogP contribution in [0.4, 0.5) is 24.5 Å². The molecule has 2 N–H and O–H groups in total. The van der Waals surface area contributed by atoms with Gasteiger partial charge >= 0.3 is 0 Å². The molecule has 4 aromatic rings. The van der Waals surface area contributed by atoms with Crippen molar-refractivity contribution in [2.24, 2.45) is 0 Å². The first kappa shape index (κ1) is 31.5. The second-order valence-electron chi connectivity index (χ2n) is 11.2. The van der Waals surface area contributed by atoms with E-state index >= 15 is 4.39 Å². The minimum atomic E-state index is -1.80. The monoisotopic (exact) mass is 635 g/mol. The number of fused-ring (bicyclic) bond motifs is 1. The van der Waals surface area contributed by atoms with Crippen LogP contribution < -0.4 is 16.2 Å². The number of aryl methyl sites for hydroxylation is 1. The lowest BCUT2D eigenvalue weighted by Crippen LogP contribution is -2.54. The molecule has 13 heteroatoms. The molecule has 45 heavy (non-hydrogen) atoms. The molecule has 0 radical (unpaired) electrons. The Hall–Kier alpha value is -4.89. The third-order valence-corrected chi connectivity index (χ3v) is 8.23. The predicted molar refractivity (Wildman–Crippen MR) is 167 cm³/mol. The zero-order chi connectivity index (χ0) is 32.9. The van der Waals surface area contributed by atoms with Gasteiger partial charge in [0.05, 0.1) is 33.5 Å². The van der Waals surface area contributed by atoms with Crippen LogP contribution >= 0.6 is 11.6 Å². The second-order valence-corrected chi connectivity index (χ2v) is 11.6. The van der Waals surface area contributed by atoms with E-state index in [1.807, 2.05) is 25.7 Å². The third kappa shape index (κ3) is 5.17. The number of nitrogens with zero attached hydrogens (tertiary/aromatic N) is 6. The summed E-state index contributed by atoms with van der Waals surface area (Å²) in [5, 5.41) is 10.5. The number of benzene rings is 1. The molecule has 1 fully saturated rings. The van der Waals surface area contributed by atoms with Crippen LogP contribution in [0.3, 0.4) is 0 Å². The zero-order valence-electron chi connectivity index (χ0n) is 25.0. The lowest BCUT2D eigenvalue weighted by molar-refractivity contribution is -0.126. The number of nitrogen functional groups attached to an aromatic ring is 1. The minimum Gasteiger partial charge on any atom is -0.396 e. The van der Waals surface area contributed by atoms with Crippen molar-refractivity contribution in [2.75, 3.05) is 30.3 Å². The molecule has 1 amide bonds. The molecule has 1 aliphatic heterocycles. The molecule has 0 bridgehead atoms. The van der Waals surface area contributed by atoms with Gasteiger partial charge in [-0.25, -0.2) is 18.2 Å². The highest BCUT2D eigenvalue weighted by Gasteiger charge is 2.33. The average Bonchev–Trinajstić information content (AvgIpc) is 3.01. The number of carbonyl (C=O) groups excluding carboxylic acids is 1. The first-order chi connectivity index (χ1) is 21.3. The van der Waals surface area contributed by atoms with Crippen molar-refractivity contribution in [1.82, 2.24) is 19.4 Å². The number of carbonyl (C=O) groups is 1. The molecule has 9 nitrogen and oxygen atoms in total. The van der Waals surface area contributed by atoms with Gasteiger partial charge in [0.2, 0.25) is 5.91 Å². The number of nitriles is 1. The van der Waals surface area contributed by atoms with Crippen LogP contribution in [-0.4, -0.2) is 51.0 Å². The maximum Gasteiger partial charge on any atom is 0.276 e. The molecular weight excluding hydrogens is 607 g/mol. The number of amides is 1.